The molecule has 0 heterocycles. The standard InChI is InChI=1S/C15H23N/c1-3-7-13-11-12-8-5-6-9-14(12)15(13)16-10-4-2/h5-6,8-9,13,15-16H,3-4,7,10-11H2,1-2H3. The summed E-state index contributed by atoms with van der Waals surface area (Å²) in [7, 11) is 0. The van der Waals surface area contributed by atoms with E-state index < -0.39 is 0 Å². The summed E-state index contributed by atoms with van der Waals surface area (Å²) < 4.78 is 0. The molecule has 1 aromatic rings. The van der Waals surface area contributed by atoms with Gasteiger partial charge in [-0.25, -0.2) is 0 Å². The second-order valence-corrected chi connectivity index (χ2v) is 4.88. The molecule has 2 atom stereocenters. The van der Waals surface area contributed by atoms with Gasteiger partial charge in [-0.1, -0.05) is 44.5 Å². The van der Waals surface area contributed by atoms with Crippen molar-refractivity contribution in [3.63, 3.8) is 0 Å². The van der Waals surface area contributed by atoms with Crippen LogP contribution in [0.2, 0.25) is 0 Å². The number of nitrogens with one attached hydrogen (secondary N) is 1. The first kappa shape index (κ1) is 11.7. The van der Waals surface area contributed by atoms with Gasteiger partial charge in [-0.15, -0.1) is 0 Å². The monoisotopic (exact) mass is 217 g/mol. The first-order valence-corrected chi connectivity index (χ1v) is 6.68. The summed E-state index contributed by atoms with van der Waals surface area (Å²) in [5.41, 5.74) is 3.11. The molecule has 0 radical (unpaired) electrons. The third-order valence-corrected chi connectivity index (χ3v) is 3.62. The average molecular weight is 217 g/mol. The van der Waals surface area contributed by atoms with Crippen molar-refractivity contribution in [2.24, 2.45) is 5.92 Å². The first-order valence-electron chi connectivity index (χ1n) is 6.68. The Bertz CT molecular complexity index is 332. The van der Waals surface area contributed by atoms with Crippen molar-refractivity contribution in [2.75, 3.05) is 6.54 Å². The lowest BCUT2D eigenvalue weighted by Crippen LogP contribution is -2.26. The summed E-state index contributed by atoms with van der Waals surface area (Å²) in [4.78, 5) is 0. The average Bonchev–Trinajstić information content (AvgIpc) is 2.65. The van der Waals surface area contributed by atoms with Crippen LogP contribution in [0, 0.1) is 5.92 Å². The molecular weight excluding hydrogens is 194 g/mol. The van der Waals surface area contributed by atoms with Crippen molar-refractivity contribution in [3.05, 3.63) is 35.4 Å². The molecule has 2 rings (SSSR count). The van der Waals surface area contributed by atoms with Gasteiger partial charge in [0.15, 0.2) is 0 Å². The molecule has 0 saturated carbocycles. The number of fused-ring (bicyclic) bond motifs is 1. The number of rotatable bonds is 5. The fourth-order valence-electron chi connectivity index (χ4n) is 2.89. The van der Waals surface area contributed by atoms with E-state index in [9.17, 15) is 0 Å². The third-order valence-electron chi connectivity index (χ3n) is 3.62. The molecule has 0 spiro atoms. The van der Waals surface area contributed by atoms with Crippen LogP contribution in [0.3, 0.4) is 0 Å². The lowest BCUT2D eigenvalue weighted by atomic mass is 9.95. The topological polar surface area (TPSA) is 12.0 Å². The Morgan fingerprint density at radius 3 is 2.75 bits per heavy atom. The quantitative estimate of drug-likeness (QED) is 0.793. The Hall–Kier alpha value is -0.820. The van der Waals surface area contributed by atoms with Crippen molar-refractivity contribution in [2.45, 2.75) is 45.6 Å². The molecule has 0 aliphatic heterocycles. The van der Waals surface area contributed by atoms with Gasteiger partial charge in [0.1, 0.15) is 0 Å². The first-order chi connectivity index (χ1) is 7.86. The minimum absolute atomic E-state index is 0.608. The van der Waals surface area contributed by atoms with Crippen LogP contribution in [0.5, 0.6) is 0 Å². The molecule has 0 saturated heterocycles. The lowest BCUT2D eigenvalue weighted by molar-refractivity contribution is 0.364. The molecule has 1 heteroatoms. The fraction of sp³-hybridized carbons (Fsp3) is 0.600. The van der Waals surface area contributed by atoms with Crippen molar-refractivity contribution < 1.29 is 0 Å². The van der Waals surface area contributed by atoms with Crippen molar-refractivity contribution in [1.82, 2.24) is 5.32 Å². The molecular formula is C15H23N. The SMILES string of the molecule is CCCNC1c2ccccc2CC1CCC. The zero-order valence-electron chi connectivity index (χ0n) is 10.5. The molecule has 1 N–H and O–H groups in total. The Kier molecular flexibility index (Phi) is 4.00. The second-order valence-electron chi connectivity index (χ2n) is 4.88. The van der Waals surface area contributed by atoms with E-state index in [0.717, 1.165) is 12.5 Å². The van der Waals surface area contributed by atoms with Gasteiger partial charge < -0.3 is 5.32 Å². The predicted octanol–water partition coefficient (Wildman–Crippen LogP) is 3.70. The van der Waals surface area contributed by atoms with Gasteiger partial charge in [0.25, 0.3) is 0 Å². The highest BCUT2D eigenvalue weighted by molar-refractivity contribution is 5.35. The zero-order chi connectivity index (χ0) is 11.4. The van der Waals surface area contributed by atoms with E-state index in [4.69, 9.17) is 0 Å². The third kappa shape index (κ3) is 2.30. The second kappa shape index (κ2) is 5.49. The Balaban J connectivity index is 2.14. The highest BCUT2D eigenvalue weighted by Crippen LogP contribution is 2.38. The highest BCUT2D eigenvalue weighted by Gasteiger charge is 2.30. The van der Waals surface area contributed by atoms with Gasteiger partial charge in [-0.2, -0.15) is 0 Å². The van der Waals surface area contributed by atoms with Gasteiger partial charge in [0.05, 0.1) is 0 Å². The van der Waals surface area contributed by atoms with Crippen LogP contribution in [-0.2, 0) is 6.42 Å². The summed E-state index contributed by atoms with van der Waals surface area (Å²) in [6.45, 7) is 5.67. The van der Waals surface area contributed by atoms with Crippen LogP contribution < -0.4 is 5.32 Å². The largest absolute Gasteiger partial charge is 0.310 e. The van der Waals surface area contributed by atoms with Gasteiger partial charge >= 0.3 is 0 Å². The van der Waals surface area contributed by atoms with Crippen molar-refractivity contribution >= 4 is 0 Å². The summed E-state index contributed by atoms with van der Waals surface area (Å²) >= 11 is 0. The van der Waals surface area contributed by atoms with E-state index >= 15 is 0 Å². The molecule has 0 bridgehead atoms. The normalized spacial score (nSPS) is 23.4. The van der Waals surface area contributed by atoms with E-state index in [0.29, 0.717) is 6.04 Å². The van der Waals surface area contributed by atoms with Crippen LogP contribution >= 0.6 is 0 Å². The Labute approximate surface area is 99.3 Å². The molecule has 88 valence electrons. The van der Waals surface area contributed by atoms with Gasteiger partial charge in [-0.05, 0) is 42.9 Å². The van der Waals surface area contributed by atoms with Crippen LogP contribution in [0.15, 0.2) is 24.3 Å². The Morgan fingerprint density at radius 1 is 1.19 bits per heavy atom. The fourth-order valence-corrected chi connectivity index (χ4v) is 2.89. The highest BCUT2D eigenvalue weighted by atomic mass is 14.9. The molecule has 0 amide bonds. The zero-order valence-corrected chi connectivity index (χ0v) is 10.5. The van der Waals surface area contributed by atoms with E-state index in [1.807, 2.05) is 0 Å². The van der Waals surface area contributed by atoms with Gasteiger partial charge in [0.2, 0.25) is 0 Å². The molecule has 16 heavy (non-hydrogen) atoms. The molecule has 2 unspecified atom stereocenters. The minimum atomic E-state index is 0.608. The Morgan fingerprint density at radius 2 is 2.00 bits per heavy atom. The maximum Gasteiger partial charge on any atom is 0.0354 e. The molecule has 0 fully saturated rings. The summed E-state index contributed by atoms with van der Waals surface area (Å²) in [5, 5.41) is 3.72. The summed E-state index contributed by atoms with van der Waals surface area (Å²) in [6, 6.07) is 9.55. The smallest absolute Gasteiger partial charge is 0.0354 e. The van der Waals surface area contributed by atoms with Crippen molar-refractivity contribution in [1.29, 1.82) is 0 Å². The van der Waals surface area contributed by atoms with E-state index in [1.165, 1.54) is 25.7 Å². The number of benzene rings is 1. The van der Waals surface area contributed by atoms with E-state index in [-0.39, 0.29) is 0 Å². The maximum absolute atomic E-state index is 3.72. The van der Waals surface area contributed by atoms with Gasteiger partial charge in [0, 0.05) is 6.04 Å². The number of hydrogen-bond acceptors (Lipinski definition) is 1. The van der Waals surface area contributed by atoms with Crippen LogP contribution in [0.1, 0.15) is 50.3 Å². The summed E-state index contributed by atoms with van der Waals surface area (Å²) in [6.07, 6.45) is 5.13. The van der Waals surface area contributed by atoms with Crippen LogP contribution in [0.25, 0.3) is 0 Å². The van der Waals surface area contributed by atoms with E-state index in [2.05, 4.69) is 43.4 Å². The van der Waals surface area contributed by atoms with Crippen molar-refractivity contribution in [3.8, 4) is 0 Å². The molecule has 1 nitrogen and oxygen atoms in total. The molecule has 1 aromatic carbocycles. The lowest BCUT2D eigenvalue weighted by Gasteiger charge is -2.21. The maximum atomic E-state index is 3.72. The molecule has 1 aliphatic carbocycles. The van der Waals surface area contributed by atoms with Gasteiger partial charge in [-0.3, -0.25) is 0 Å². The van der Waals surface area contributed by atoms with Crippen LogP contribution in [-0.4, -0.2) is 6.54 Å². The number of hydrogen-bond donors (Lipinski definition) is 1. The van der Waals surface area contributed by atoms with Crippen LogP contribution in [0.4, 0.5) is 0 Å². The molecule has 1 aliphatic rings. The molecule has 0 aromatic heterocycles. The summed E-state index contributed by atoms with van der Waals surface area (Å²) in [5.74, 6) is 0.814. The predicted molar refractivity (Wildman–Crippen MR) is 69.6 cm³/mol. The minimum Gasteiger partial charge on any atom is -0.310 e. The van der Waals surface area contributed by atoms with E-state index in [1.54, 1.807) is 11.1 Å².